The van der Waals surface area contributed by atoms with Crippen LogP contribution in [0, 0.1) is 0 Å². The Morgan fingerprint density at radius 3 is 1.78 bits per heavy atom. The average molecular weight is 279 g/mol. The molecular formula is C12H29N3O2S. The highest BCUT2D eigenvalue weighted by atomic mass is 32.2. The lowest BCUT2D eigenvalue weighted by Crippen LogP contribution is -2.56. The minimum atomic E-state index is -3.44. The smallest absolute Gasteiger partial charge is 0.279 e. The number of rotatable bonds is 10. The molecule has 0 radical (unpaired) electrons. The molecule has 0 heterocycles. The summed E-state index contributed by atoms with van der Waals surface area (Å²) in [5.41, 5.74) is 5.22. The first kappa shape index (κ1) is 17.8. The summed E-state index contributed by atoms with van der Waals surface area (Å²) < 4.78 is 29.0. The molecule has 0 aromatic heterocycles. The van der Waals surface area contributed by atoms with Crippen LogP contribution in [0.15, 0.2) is 0 Å². The van der Waals surface area contributed by atoms with Gasteiger partial charge >= 0.3 is 0 Å². The molecule has 0 rings (SSSR count). The normalized spacial score (nSPS) is 13.2. The molecule has 0 saturated carbocycles. The standard InChI is InChI=1S/C12H29N3O2S/c1-5-9-15(10-6-2)18(16,17)14-12(7-3,8-4)11-13/h14H,5-11,13H2,1-4H3. The van der Waals surface area contributed by atoms with Gasteiger partial charge in [0, 0.05) is 25.2 Å². The van der Waals surface area contributed by atoms with E-state index < -0.39 is 15.7 Å². The van der Waals surface area contributed by atoms with Gasteiger partial charge in [0.05, 0.1) is 0 Å². The van der Waals surface area contributed by atoms with E-state index in [1.54, 1.807) is 0 Å². The maximum Gasteiger partial charge on any atom is 0.279 e. The third kappa shape index (κ3) is 4.84. The van der Waals surface area contributed by atoms with E-state index in [4.69, 9.17) is 5.73 Å². The molecule has 18 heavy (non-hydrogen) atoms. The number of nitrogens with one attached hydrogen (secondary N) is 1. The van der Waals surface area contributed by atoms with Gasteiger partial charge in [0.1, 0.15) is 0 Å². The van der Waals surface area contributed by atoms with E-state index in [2.05, 4.69) is 4.72 Å². The predicted octanol–water partition coefficient (Wildman–Crippen LogP) is 1.46. The first-order valence-electron chi connectivity index (χ1n) is 6.90. The zero-order valence-corrected chi connectivity index (χ0v) is 13.0. The van der Waals surface area contributed by atoms with E-state index in [1.165, 1.54) is 4.31 Å². The summed E-state index contributed by atoms with van der Waals surface area (Å²) in [7, 11) is -3.44. The lowest BCUT2D eigenvalue weighted by Gasteiger charge is -2.34. The van der Waals surface area contributed by atoms with E-state index in [0.29, 0.717) is 32.5 Å². The van der Waals surface area contributed by atoms with Crippen LogP contribution in [0.25, 0.3) is 0 Å². The van der Waals surface area contributed by atoms with Crippen LogP contribution in [0.5, 0.6) is 0 Å². The highest BCUT2D eigenvalue weighted by molar-refractivity contribution is 7.87. The zero-order chi connectivity index (χ0) is 14.2. The van der Waals surface area contributed by atoms with Crippen molar-refractivity contribution >= 4 is 10.2 Å². The van der Waals surface area contributed by atoms with Crippen LogP contribution in [0.3, 0.4) is 0 Å². The Kier molecular flexibility index (Phi) is 8.02. The van der Waals surface area contributed by atoms with Crippen LogP contribution in [-0.4, -0.2) is 37.9 Å². The highest BCUT2D eigenvalue weighted by Gasteiger charge is 2.32. The molecule has 5 nitrogen and oxygen atoms in total. The maximum atomic E-state index is 12.4. The predicted molar refractivity (Wildman–Crippen MR) is 76.6 cm³/mol. The Morgan fingerprint density at radius 1 is 1.06 bits per heavy atom. The van der Waals surface area contributed by atoms with Gasteiger partial charge in [-0.25, -0.2) is 0 Å². The highest BCUT2D eigenvalue weighted by Crippen LogP contribution is 2.16. The molecule has 0 aromatic rings. The SMILES string of the molecule is CCCN(CCC)S(=O)(=O)NC(CC)(CC)CN. The molecule has 0 saturated heterocycles. The largest absolute Gasteiger partial charge is 0.329 e. The minimum Gasteiger partial charge on any atom is -0.329 e. The van der Waals surface area contributed by atoms with E-state index in [1.807, 2.05) is 27.7 Å². The fourth-order valence-electron chi connectivity index (χ4n) is 1.91. The monoisotopic (exact) mass is 279 g/mol. The fraction of sp³-hybridized carbons (Fsp3) is 1.00. The third-order valence-corrected chi connectivity index (χ3v) is 5.11. The van der Waals surface area contributed by atoms with Gasteiger partial charge in [0.25, 0.3) is 10.2 Å². The lowest BCUT2D eigenvalue weighted by atomic mass is 9.95. The molecule has 0 unspecified atom stereocenters. The molecule has 0 bridgehead atoms. The minimum absolute atomic E-state index is 0.325. The van der Waals surface area contributed by atoms with Crippen molar-refractivity contribution in [2.24, 2.45) is 5.73 Å². The van der Waals surface area contributed by atoms with E-state index >= 15 is 0 Å². The molecule has 3 N–H and O–H groups in total. The number of nitrogens with two attached hydrogens (primary N) is 1. The quantitative estimate of drug-likeness (QED) is 0.635. The summed E-state index contributed by atoms with van der Waals surface area (Å²) in [6, 6.07) is 0. The van der Waals surface area contributed by atoms with Gasteiger partial charge in [-0.15, -0.1) is 0 Å². The van der Waals surface area contributed by atoms with Gasteiger partial charge < -0.3 is 5.73 Å². The van der Waals surface area contributed by atoms with Crippen molar-refractivity contribution in [2.45, 2.75) is 58.9 Å². The molecular weight excluding hydrogens is 250 g/mol. The molecule has 0 aromatic carbocycles. The Balaban J connectivity index is 4.99. The zero-order valence-electron chi connectivity index (χ0n) is 12.2. The van der Waals surface area contributed by atoms with Crippen molar-refractivity contribution in [2.75, 3.05) is 19.6 Å². The van der Waals surface area contributed by atoms with Crippen LogP contribution in [0.2, 0.25) is 0 Å². The van der Waals surface area contributed by atoms with Crippen molar-refractivity contribution in [1.29, 1.82) is 0 Å². The second-order valence-electron chi connectivity index (χ2n) is 4.70. The van der Waals surface area contributed by atoms with Gasteiger partial charge in [0.15, 0.2) is 0 Å². The van der Waals surface area contributed by atoms with Crippen LogP contribution in [0.1, 0.15) is 53.4 Å². The first-order chi connectivity index (χ1) is 8.41. The first-order valence-corrected chi connectivity index (χ1v) is 8.34. The molecule has 0 spiro atoms. The lowest BCUT2D eigenvalue weighted by molar-refractivity contribution is 0.334. The summed E-state index contributed by atoms with van der Waals surface area (Å²) >= 11 is 0. The van der Waals surface area contributed by atoms with Gasteiger partial charge in [-0.05, 0) is 25.7 Å². The van der Waals surface area contributed by atoms with Gasteiger partial charge in [-0.1, -0.05) is 27.7 Å². The Bertz CT molecular complexity index is 299. The van der Waals surface area contributed by atoms with Crippen LogP contribution < -0.4 is 10.5 Å². The second-order valence-corrected chi connectivity index (χ2v) is 6.37. The van der Waals surface area contributed by atoms with Crippen molar-refractivity contribution in [3.63, 3.8) is 0 Å². The van der Waals surface area contributed by atoms with Gasteiger partial charge in [-0.2, -0.15) is 17.4 Å². The molecule has 0 aliphatic heterocycles. The average Bonchev–Trinajstić information content (AvgIpc) is 2.36. The Hall–Kier alpha value is -0.170. The molecule has 110 valence electrons. The molecule has 0 atom stereocenters. The number of hydrogen-bond acceptors (Lipinski definition) is 3. The molecule has 0 fully saturated rings. The second kappa shape index (κ2) is 8.09. The summed E-state index contributed by atoms with van der Waals surface area (Å²) in [5.74, 6) is 0. The van der Waals surface area contributed by atoms with Gasteiger partial charge in [0.2, 0.25) is 0 Å². The summed E-state index contributed by atoms with van der Waals surface area (Å²) in [6.07, 6.45) is 3.03. The fourth-order valence-corrected chi connectivity index (χ4v) is 3.81. The van der Waals surface area contributed by atoms with Gasteiger partial charge in [-0.3, -0.25) is 0 Å². The van der Waals surface area contributed by atoms with Crippen molar-refractivity contribution in [3.8, 4) is 0 Å². The topological polar surface area (TPSA) is 75.4 Å². The summed E-state index contributed by atoms with van der Waals surface area (Å²) in [6.45, 7) is 9.31. The number of hydrogen-bond donors (Lipinski definition) is 2. The molecule has 6 heteroatoms. The van der Waals surface area contributed by atoms with Crippen molar-refractivity contribution in [3.05, 3.63) is 0 Å². The van der Waals surface area contributed by atoms with Crippen LogP contribution in [-0.2, 0) is 10.2 Å². The van der Waals surface area contributed by atoms with Crippen molar-refractivity contribution in [1.82, 2.24) is 9.03 Å². The van der Waals surface area contributed by atoms with E-state index in [9.17, 15) is 8.42 Å². The Labute approximate surface area is 112 Å². The molecule has 0 amide bonds. The van der Waals surface area contributed by atoms with Crippen molar-refractivity contribution < 1.29 is 8.42 Å². The Morgan fingerprint density at radius 2 is 1.50 bits per heavy atom. The van der Waals surface area contributed by atoms with Crippen LogP contribution >= 0.6 is 0 Å². The molecule has 0 aliphatic carbocycles. The third-order valence-electron chi connectivity index (χ3n) is 3.38. The van der Waals surface area contributed by atoms with E-state index in [-0.39, 0.29) is 0 Å². The van der Waals surface area contributed by atoms with Crippen LogP contribution in [0.4, 0.5) is 0 Å². The summed E-state index contributed by atoms with van der Waals surface area (Å²) in [5, 5.41) is 0. The molecule has 0 aliphatic rings. The maximum absolute atomic E-state index is 12.4. The summed E-state index contributed by atoms with van der Waals surface area (Å²) in [4.78, 5) is 0. The number of nitrogens with zero attached hydrogens (tertiary/aromatic N) is 1. The van der Waals surface area contributed by atoms with E-state index in [0.717, 1.165) is 12.8 Å².